The molecule has 0 saturated heterocycles. The van der Waals surface area contributed by atoms with Crippen LogP contribution >= 0.6 is 11.6 Å². The van der Waals surface area contributed by atoms with E-state index >= 15 is 0 Å². The molecular weight excluding hydrogens is 448 g/mol. The number of hydrogen-bond acceptors (Lipinski definition) is 4. The SMILES string of the molecule is Cc1cc(C)c(NC(=O)C2CN(S(=O)(=O)c3ccccc3)c3cc(Cl)ccc3O2)c(C)c1. The lowest BCUT2D eigenvalue weighted by Crippen LogP contribution is -2.49. The quantitative estimate of drug-likeness (QED) is 0.590. The summed E-state index contributed by atoms with van der Waals surface area (Å²) < 4.78 is 34.0. The number of sulfonamides is 1. The van der Waals surface area contributed by atoms with Crippen molar-refractivity contribution in [2.45, 2.75) is 31.8 Å². The molecule has 1 heterocycles. The Bertz CT molecular complexity index is 1270. The Morgan fingerprint density at radius 1 is 1.03 bits per heavy atom. The van der Waals surface area contributed by atoms with Gasteiger partial charge in [0.25, 0.3) is 15.9 Å². The van der Waals surface area contributed by atoms with Crippen LogP contribution in [0.3, 0.4) is 0 Å². The number of aryl methyl sites for hydroxylation is 3. The fourth-order valence-electron chi connectivity index (χ4n) is 3.89. The molecule has 0 radical (unpaired) electrons. The predicted octanol–water partition coefficient (Wildman–Crippen LogP) is 4.86. The van der Waals surface area contributed by atoms with Crippen molar-refractivity contribution in [3.63, 3.8) is 0 Å². The molecule has 8 heteroatoms. The van der Waals surface area contributed by atoms with Crippen molar-refractivity contribution >= 4 is 38.9 Å². The molecule has 0 aliphatic carbocycles. The van der Waals surface area contributed by atoms with Gasteiger partial charge in [0.1, 0.15) is 5.75 Å². The molecule has 1 N–H and O–H groups in total. The van der Waals surface area contributed by atoms with Crippen molar-refractivity contribution in [3.05, 3.63) is 82.4 Å². The molecule has 6 nitrogen and oxygen atoms in total. The Labute approximate surface area is 192 Å². The van der Waals surface area contributed by atoms with Crippen LogP contribution in [0.2, 0.25) is 5.02 Å². The summed E-state index contributed by atoms with van der Waals surface area (Å²) >= 11 is 6.14. The molecule has 1 aliphatic rings. The van der Waals surface area contributed by atoms with E-state index < -0.39 is 22.0 Å². The van der Waals surface area contributed by atoms with Crippen LogP contribution in [0.15, 0.2) is 65.6 Å². The second-order valence-corrected chi connectivity index (χ2v) is 10.1. The Kier molecular flexibility index (Phi) is 5.88. The highest BCUT2D eigenvalue weighted by molar-refractivity contribution is 7.92. The van der Waals surface area contributed by atoms with E-state index in [1.165, 1.54) is 22.5 Å². The summed E-state index contributed by atoms with van der Waals surface area (Å²) in [5.74, 6) is -0.147. The van der Waals surface area contributed by atoms with Crippen molar-refractivity contribution in [1.29, 1.82) is 0 Å². The summed E-state index contributed by atoms with van der Waals surface area (Å²) in [7, 11) is -3.94. The van der Waals surface area contributed by atoms with Crippen molar-refractivity contribution in [1.82, 2.24) is 0 Å². The van der Waals surface area contributed by atoms with Gasteiger partial charge in [-0.3, -0.25) is 9.10 Å². The average molecular weight is 471 g/mol. The van der Waals surface area contributed by atoms with Crippen LogP contribution < -0.4 is 14.4 Å². The molecule has 0 fully saturated rings. The van der Waals surface area contributed by atoms with Gasteiger partial charge < -0.3 is 10.1 Å². The highest BCUT2D eigenvalue weighted by atomic mass is 35.5. The molecule has 1 unspecified atom stereocenters. The molecule has 0 saturated carbocycles. The Balaban J connectivity index is 1.71. The molecule has 0 bridgehead atoms. The minimum atomic E-state index is -3.94. The number of hydrogen-bond donors (Lipinski definition) is 1. The molecule has 4 rings (SSSR count). The molecule has 1 aliphatic heterocycles. The number of halogens is 1. The zero-order valence-electron chi connectivity index (χ0n) is 17.9. The summed E-state index contributed by atoms with van der Waals surface area (Å²) in [6.45, 7) is 5.65. The minimum Gasteiger partial charge on any atom is -0.476 e. The molecule has 0 spiro atoms. The Morgan fingerprint density at radius 2 is 1.69 bits per heavy atom. The lowest BCUT2D eigenvalue weighted by Gasteiger charge is -2.35. The Hall–Kier alpha value is -3.03. The number of fused-ring (bicyclic) bond motifs is 1. The molecule has 166 valence electrons. The number of anilines is 2. The number of amides is 1. The lowest BCUT2D eigenvalue weighted by molar-refractivity contribution is -0.122. The fraction of sp³-hybridized carbons (Fsp3) is 0.208. The number of rotatable bonds is 4. The molecule has 0 aromatic heterocycles. The highest BCUT2D eigenvalue weighted by Crippen LogP contribution is 2.39. The van der Waals surface area contributed by atoms with Gasteiger partial charge in [0.05, 0.1) is 17.1 Å². The van der Waals surface area contributed by atoms with Crippen LogP contribution in [0.25, 0.3) is 0 Å². The first-order chi connectivity index (χ1) is 15.2. The van der Waals surface area contributed by atoms with E-state index in [2.05, 4.69) is 5.32 Å². The van der Waals surface area contributed by atoms with Gasteiger partial charge in [0.2, 0.25) is 0 Å². The van der Waals surface area contributed by atoms with Crippen LogP contribution in [0.4, 0.5) is 11.4 Å². The largest absolute Gasteiger partial charge is 0.476 e. The molecule has 32 heavy (non-hydrogen) atoms. The van der Waals surface area contributed by atoms with Gasteiger partial charge in [0.15, 0.2) is 6.10 Å². The third-order valence-electron chi connectivity index (χ3n) is 5.34. The minimum absolute atomic E-state index is 0.122. The molecule has 1 atom stereocenters. The molecule has 3 aromatic carbocycles. The summed E-state index contributed by atoms with van der Waals surface area (Å²) in [6, 6.07) is 16.7. The van der Waals surface area contributed by atoms with Crippen LogP contribution in [-0.2, 0) is 14.8 Å². The maximum atomic E-state index is 13.4. The maximum absolute atomic E-state index is 13.4. The van der Waals surface area contributed by atoms with Crippen molar-refractivity contribution in [3.8, 4) is 5.75 Å². The second-order valence-electron chi connectivity index (χ2n) is 7.83. The molecular formula is C24H23ClN2O4S. The third kappa shape index (κ3) is 4.18. The van der Waals surface area contributed by atoms with Crippen molar-refractivity contribution in [2.75, 3.05) is 16.2 Å². The fourth-order valence-corrected chi connectivity index (χ4v) is 5.54. The van der Waals surface area contributed by atoms with Gasteiger partial charge in [-0.1, -0.05) is 47.5 Å². The van der Waals surface area contributed by atoms with E-state index in [9.17, 15) is 13.2 Å². The van der Waals surface area contributed by atoms with E-state index in [4.69, 9.17) is 16.3 Å². The zero-order chi connectivity index (χ0) is 23.0. The zero-order valence-corrected chi connectivity index (χ0v) is 19.5. The van der Waals surface area contributed by atoms with Crippen molar-refractivity contribution in [2.24, 2.45) is 0 Å². The van der Waals surface area contributed by atoms with Crippen LogP contribution in [0.1, 0.15) is 16.7 Å². The smallest absolute Gasteiger partial charge is 0.267 e. The van der Waals surface area contributed by atoms with Crippen LogP contribution in [0, 0.1) is 20.8 Å². The molecule has 3 aromatic rings. The normalized spacial score (nSPS) is 15.6. The van der Waals surface area contributed by atoms with E-state index in [0.29, 0.717) is 16.4 Å². The van der Waals surface area contributed by atoms with Crippen LogP contribution in [0.5, 0.6) is 5.75 Å². The first kappa shape index (κ1) is 22.2. The van der Waals surface area contributed by atoms with E-state index in [1.54, 1.807) is 30.3 Å². The van der Waals surface area contributed by atoms with Gasteiger partial charge in [-0.05, 0) is 62.2 Å². The summed E-state index contributed by atoms with van der Waals surface area (Å²) in [5.41, 5.74) is 3.94. The first-order valence-electron chi connectivity index (χ1n) is 10.1. The summed E-state index contributed by atoms with van der Waals surface area (Å²) in [4.78, 5) is 13.3. The van der Waals surface area contributed by atoms with Gasteiger partial charge in [-0.15, -0.1) is 0 Å². The number of nitrogens with one attached hydrogen (secondary N) is 1. The van der Waals surface area contributed by atoms with E-state index in [-0.39, 0.29) is 17.2 Å². The van der Waals surface area contributed by atoms with Crippen LogP contribution in [-0.4, -0.2) is 27.0 Å². The van der Waals surface area contributed by atoms with E-state index in [0.717, 1.165) is 16.7 Å². The molecule has 1 amide bonds. The van der Waals surface area contributed by atoms with Gasteiger partial charge in [-0.25, -0.2) is 8.42 Å². The topological polar surface area (TPSA) is 75.7 Å². The average Bonchev–Trinajstić information content (AvgIpc) is 2.75. The van der Waals surface area contributed by atoms with Gasteiger partial charge in [-0.2, -0.15) is 0 Å². The third-order valence-corrected chi connectivity index (χ3v) is 7.37. The van der Waals surface area contributed by atoms with Crippen molar-refractivity contribution < 1.29 is 17.9 Å². The standard InChI is InChI=1S/C24H23ClN2O4S/c1-15-11-16(2)23(17(3)12-15)26-24(28)22-14-27(20-13-18(25)9-10-21(20)31-22)32(29,30)19-7-5-4-6-8-19/h4-13,22H,14H2,1-3H3,(H,26,28). The predicted molar refractivity (Wildman–Crippen MR) is 126 cm³/mol. The first-order valence-corrected chi connectivity index (χ1v) is 11.9. The summed E-state index contributed by atoms with van der Waals surface area (Å²) in [6.07, 6.45) is -1.04. The lowest BCUT2D eigenvalue weighted by atomic mass is 10.0. The maximum Gasteiger partial charge on any atom is 0.267 e. The summed E-state index contributed by atoms with van der Waals surface area (Å²) in [5, 5.41) is 3.29. The number of carbonyl (C=O) groups is 1. The number of nitrogens with zero attached hydrogens (tertiary/aromatic N) is 1. The second kappa shape index (κ2) is 8.48. The number of ether oxygens (including phenoxy) is 1. The van der Waals surface area contributed by atoms with Gasteiger partial charge >= 0.3 is 0 Å². The number of carbonyl (C=O) groups excluding carboxylic acids is 1. The van der Waals surface area contributed by atoms with E-state index in [1.807, 2.05) is 32.9 Å². The monoisotopic (exact) mass is 470 g/mol. The van der Waals surface area contributed by atoms with Gasteiger partial charge in [0, 0.05) is 10.7 Å². The Morgan fingerprint density at radius 3 is 2.34 bits per heavy atom. The number of benzene rings is 3. The highest BCUT2D eigenvalue weighted by Gasteiger charge is 2.38.